The first-order chi connectivity index (χ1) is 15.5. The van der Waals surface area contributed by atoms with Crippen molar-refractivity contribution in [2.45, 2.75) is 47.6 Å². The third-order valence-corrected chi connectivity index (χ3v) is 5.41. The smallest absolute Gasteiger partial charge is 0.265 e. The molecule has 0 unspecified atom stereocenters. The first-order valence-electron chi connectivity index (χ1n) is 11.4. The molecule has 32 heavy (non-hydrogen) atoms. The summed E-state index contributed by atoms with van der Waals surface area (Å²) in [7, 11) is 1.64. The van der Waals surface area contributed by atoms with Gasteiger partial charge in [0.2, 0.25) is 0 Å². The van der Waals surface area contributed by atoms with Crippen molar-refractivity contribution in [1.29, 1.82) is 0 Å². The number of aliphatic imine (C=N–C) groups is 1. The molecule has 2 aromatic carbocycles. The number of nitrogens with zero attached hydrogens (tertiary/aromatic N) is 2. The van der Waals surface area contributed by atoms with Gasteiger partial charge in [0.25, 0.3) is 5.91 Å². The summed E-state index contributed by atoms with van der Waals surface area (Å²) in [4.78, 5) is 19.9. The maximum absolute atomic E-state index is 12.8. The molecule has 1 aliphatic heterocycles. The van der Waals surface area contributed by atoms with Crippen LogP contribution in [0.2, 0.25) is 0 Å². The first kappa shape index (κ1) is 25.4. The van der Waals surface area contributed by atoms with Crippen LogP contribution in [0.5, 0.6) is 5.75 Å². The number of nitrogens with one attached hydrogen (secondary N) is 1. The lowest BCUT2D eigenvalue weighted by Crippen LogP contribution is -2.36. The maximum atomic E-state index is 12.8. The molecule has 0 aliphatic carbocycles. The zero-order valence-electron chi connectivity index (χ0n) is 20.3. The van der Waals surface area contributed by atoms with Gasteiger partial charge in [-0.2, -0.15) is 0 Å². The Morgan fingerprint density at radius 2 is 1.75 bits per heavy atom. The fourth-order valence-electron chi connectivity index (χ4n) is 3.60. The standard InChI is InChI=1S/C24H31N3O3.C2H6/c1-5-21(24(28)25-16-19-7-9-20(29-4)10-8-19)26-23-17(2)6-11-22(18(23)3)27-12-14-30-15-13-27;1-2/h6-11H,5,12-16H2,1-4H3,(H,25,28);1-2H3. The third-order valence-electron chi connectivity index (χ3n) is 5.41. The lowest BCUT2D eigenvalue weighted by molar-refractivity contribution is -0.115. The van der Waals surface area contributed by atoms with Gasteiger partial charge in [0, 0.05) is 25.3 Å². The van der Waals surface area contributed by atoms with E-state index in [-0.39, 0.29) is 5.91 Å². The molecule has 0 bridgehead atoms. The summed E-state index contributed by atoms with van der Waals surface area (Å²) in [5.74, 6) is 0.663. The van der Waals surface area contributed by atoms with Crippen LogP contribution < -0.4 is 15.0 Å². The second-order valence-electron chi connectivity index (χ2n) is 7.42. The molecule has 1 fully saturated rings. The van der Waals surface area contributed by atoms with Crippen molar-refractivity contribution in [1.82, 2.24) is 5.32 Å². The highest BCUT2D eigenvalue weighted by Gasteiger charge is 2.17. The molecule has 0 atom stereocenters. The molecule has 3 rings (SSSR count). The Morgan fingerprint density at radius 1 is 1.09 bits per heavy atom. The topological polar surface area (TPSA) is 63.2 Å². The lowest BCUT2D eigenvalue weighted by Gasteiger charge is -2.30. The van der Waals surface area contributed by atoms with Crippen LogP contribution in [0.3, 0.4) is 0 Å². The molecule has 174 valence electrons. The molecular formula is C26H37N3O3. The predicted molar refractivity (Wildman–Crippen MR) is 133 cm³/mol. The van der Waals surface area contributed by atoms with Crippen molar-refractivity contribution in [2.24, 2.45) is 4.99 Å². The van der Waals surface area contributed by atoms with Crippen molar-refractivity contribution in [2.75, 3.05) is 38.3 Å². The van der Waals surface area contributed by atoms with Gasteiger partial charge in [-0.3, -0.25) is 4.79 Å². The normalized spacial score (nSPS) is 13.8. The molecule has 0 spiro atoms. The van der Waals surface area contributed by atoms with Crippen LogP contribution in [0.4, 0.5) is 11.4 Å². The summed E-state index contributed by atoms with van der Waals surface area (Å²) in [6, 6.07) is 11.9. The Morgan fingerprint density at radius 3 is 2.34 bits per heavy atom. The fourth-order valence-corrected chi connectivity index (χ4v) is 3.60. The number of ether oxygens (including phenoxy) is 2. The second kappa shape index (κ2) is 12.9. The van der Waals surface area contributed by atoms with Gasteiger partial charge in [-0.1, -0.05) is 39.0 Å². The van der Waals surface area contributed by atoms with Crippen LogP contribution in [0.1, 0.15) is 43.9 Å². The summed E-state index contributed by atoms with van der Waals surface area (Å²) >= 11 is 0. The van der Waals surface area contributed by atoms with Crippen LogP contribution in [0, 0.1) is 13.8 Å². The number of hydrogen-bond acceptors (Lipinski definition) is 5. The fraction of sp³-hybridized carbons (Fsp3) is 0.462. The summed E-state index contributed by atoms with van der Waals surface area (Å²) in [5.41, 5.74) is 5.77. The van der Waals surface area contributed by atoms with E-state index in [1.807, 2.05) is 52.0 Å². The SMILES string of the molecule is CC.CCC(=Nc1c(C)ccc(N2CCOCC2)c1C)C(=O)NCc1ccc(OC)cc1. The zero-order chi connectivity index (χ0) is 23.5. The molecule has 0 aromatic heterocycles. The summed E-state index contributed by atoms with van der Waals surface area (Å²) in [6.07, 6.45) is 0.565. The van der Waals surface area contributed by atoms with E-state index >= 15 is 0 Å². The zero-order valence-corrected chi connectivity index (χ0v) is 20.3. The second-order valence-corrected chi connectivity index (χ2v) is 7.42. The monoisotopic (exact) mass is 439 g/mol. The van der Waals surface area contributed by atoms with Crippen LogP contribution in [-0.2, 0) is 16.1 Å². The summed E-state index contributed by atoms with van der Waals surface area (Å²) in [5, 5.41) is 2.99. The molecule has 0 radical (unpaired) electrons. The minimum atomic E-state index is -0.135. The van der Waals surface area contributed by atoms with Gasteiger partial charge in [0.05, 0.1) is 26.0 Å². The van der Waals surface area contributed by atoms with Crippen molar-refractivity contribution < 1.29 is 14.3 Å². The highest BCUT2D eigenvalue weighted by molar-refractivity contribution is 6.39. The van der Waals surface area contributed by atoms with Gasteiger partial charge >= 0.3 is 0 Å². The minimum absolute atomic E-state index is 0.135. The molecule has 1 saturated heterocycles. The molecule has 6 heteroatoms. The molecule has 2 aromatic rings. The Hall–Kier alpha value is -2.86. The van der Waals surface area contributed by atoms with E-state index in [1.54, 1.807) is 7.11 Å². The van der Waals surface area contributed by atoms with Crippen molar-refractivity contribution in [3.05, 3.63) is 53.1 Å². The molecule has 1 aliphatic rings. The molecular weight excluding hydrogens is 402 g/mol. The van der Waals surface area contributed by atoms with E-state index in [2.05, 4.69) is 29.3 Å². The molecule has 0 saturated carbocycles. The number of amides is 1. The van der Waals surface area contributed by atoms with Crippen molar-refractivity contribution >= 4 is 23.0 Å². The van der Waals surface area contributed by atoms with Gasteiger partial charge < -0.3 is 19.7 Å². The number of rotatable bonds is 7. The van der Waals surface area contributed by atoms with E-state index in [4.69, 9.17) is 14.5 Å². The minimum Gasteiger partial charge on any atom is -0.497 e. The van der Waals surface area contributed by atoms with E-state index < -0.39 is 0 Å². The van der Waals surface area contributed by atoms with E-state index in [1.165, 1.54) is 0 Å². The number of anilines is 1. The largest absolute Gasteiger partial charge is 0.497 e. The van der Waals surface area contributed by atoms with Gasteiger partial charge in [-0.15, -0.1) is 0 Å². The van der Waals surface area contributed by atoms with Gasteiger partial charge in [0.15, 0.2) is 0 Å². The Labute approximate surface area is 192 Å². The number of morpholine rings is 1. The van der Waals surface area contributed by atoms with Gasteiger partial charge in [-0.25, -0.2) is 4.99 Å². The molecule has 6 nitrogen and oxygen atoms in total. The number of methoxy groups -OCH3 is 1. The molecule has 1 amide bonds. The first-order valence-corrected chi connectivity index (χ1v) is 11.4. The third kappa shape index (κ3) is 6.57. The highest BCUT2D eigenvalue weighted by Crippen LogP contribution is 2.33. The molecule has 1 N–H and O–H groups in total. The van der Waals surface area contributed by atoms with Gasteiger partial charge in [-0.05, 0) is 55.2 Å². The van der Waals surface area contributed by atoms with Crippen LogP contribution in [0.25, 0.3) is 0 Å². The van der Waals surface area contributed by atoms with Crippen LogP contribution in [-0.4, -0.2) is 45.0 Å². The van der Waals surface area contributed by atoms with E-state index in [9.17, 15) is 4.79 Å². The van der Waals surface area contributed by atoms with Gasteiger partial charge in [0.1, 0.15) is 11.5 Å². The average molecular weight is 440 g/mol. The number of benzene rings is 2. The van der Waals surface area contributed by atoms with E-state index in [0.717, 1.165) is 60.1 Å². The summed E-state index contributed by atoms with van der Waals surface area (Å²) in [6.45, 7) is 13.7. The maximum Gasteiger partial charge on any atom is 0.265 e. The molecule has 1 heterocycles. The number of carbonyl (C=O) groups excluding carboxylic acids is 1. The Bertz CT molecular complexity index is 901. The highest BCUT2D eigenvalue weighted by atomic mass is 16.5. The predicted octanol–water partition coefficient (Wildman–Crippen LogP) is 4.97. The number of hydrogen-bond donors (Lipinski definition) is 1. The van der Waals surface area contributed by atoms with E-state index in [0.29, 0.717) is 18.7 Å². The van der Waals surface area contributed by atoms with Crippen molar-refractivity contribution in [3.63, 3.8) is 0 Å². The quantitative estimate of drug-likeness (QED) is 0.619. The summed E-state index contributed by atoms with van der Waals surface area (Å²) < 4.78 is 10.7. The van der Waals surface area contributed by atoms with Crippen molar-refractivity contribution in [3.8, 4) is 5.75 Å². The Balaban J connectivity index is 0.00000176. The Kier molecular flexibility index (Phi) is 10.2. The van der Waals surface area contributed by atoms with Crippen LogP contribution in [0.15, 0.2) is 41.4 Å². The van der Waals surface area contributed by atoms with Crippen LogP contribution >= 0.6 is 0 Å². The number of aryl methyl sites for hydroxylation is 1. The number of carbonyl (C=O) groups is 1. The lowest BCUT2D eigenvalue weighted by atomic mass is 10.1. The average Bonchev–Trinajstić information content (AvgIpc) is 2.85.